The van der Waals surface area contributed by atoms with Crippen molar-refractivity contribution in [2.45, 2.75) is 19.8 Å². The molecule has 0 saturated carbocycles. The van der Waals surface area contributed by atoms with Crippen LogP contribution in [0.25, 0.3) is 16.7 Å². The zero-order valence-electron chi connectivity index (χ0n) is 16.4. The van der Waals surface area contributed by atoms with Gasteiger partial charge in [-0.15, -0.1) is 0 Å². The highest BCUT2D eigenvalue weighted by molar-refractivity contribution is 5.91. The third-order valence-corrected chi connectivity index (χ3v) is 4.43. The third kappa shape index (κ3) is 3.77. The van der Waals surface area contributed by atoms with Crippen LogP contribution in [0.1, 0.15) is 31.0 Å². The topological polar surface area (TPSA) is 90.1 Å². The van der Waals surface area contributed by atoms with Gasteiger partial charge in [-0.05, 0) is 35.7 Å². The van der Waals surface area contributed by atoms with Gasteiger partial charge in [0, 0.05) is 18.5 Å². The molecule has 0 aliphatic carbocycles. The lowest BCUT2D eigenvalue weighted by Gasteiger charge is -2.06. The lowest BCUT2D eigenvalue weighted by molar-refractivity contribution is 0.414. The van der Waals surface area contributed by atoms with Crippen LogP contribution in [0.5, 0.6) is 5.75 Å². The summed E-state index contributed by atoms with van der Waals surface area (Å²) >= 11 is 0. The fourth-order valence-electron chi connectivity index (χ4n) is 3.01. The normalized spacial score (nSPS) is 11.4. The van der Waals surface area contributed by atoms with E-state index in [9.17, 15) is 0 Å². The SMILES string of the molecule is COc1cccc(-n2nc(C(C)C)c3c(NN=Cc4ccncc4)ncnc32)c1. The number of pyridine rings is 1. The molecule has 1 aromatic carbocycles. The maximum Gasteiger partial charge on any atom is 0.168 e. The zero-order valence-corrected chi connectivity index (χ0v) is 16.4. The molecule has 146 valence electrons. The van der Waals surface area contributed by atoms with Crippen LogP contribution in [0, 0.1) is 0 Å². The molecule has 1 N–H and O–H groups in total. The molecular weight excluding hydrogens is 366 g/mol. The summed E-state index contributed by atoms with van der Waals surface area (Å²) in [4.78, 5) is 12.9. The third-order valence-electron chi connectivity index (χ3n) is 4.43. The molecule has 0 saturated heterocycles. The van der Waals surface area contributed by atoms with Crippen molar-refractivity contribution in [1.29, 1.82) is 0 Å². The molecule has 0 spiro atoms. The van der Waals surface area contributed by atoms with Gasteiger partial charge in [-0.25, -0.2) is 14.6 Å². The number of rotatable bonds is 6. The van der Waals surface area contributed by atoms with Crippen LogP contribution in [0.3, 0.4) is 0 Å². The van der Waals surface area contributed by atoms with Crippen molar-refractivity contribution in [3.05, 3.63) is 66.4 Å². The van der Waals surface area contributed by atoms with Gasteiger partial charge in [0.15, 0.2) is 11.5 Å². The maximum atomic E-state index is 5.35. The van der Waals surface area contributed by atoms with Gasteiger partial charge in [-0.2, -0.15) is 10.2 Å². The van der Waals surface area contributed by atoms with Gasteiger partial charge in [-0.3, -0.25) is 10.4 Å². The molecular formula is C21H21N7O. The quantitative estimate of drug-likeness (QED) is 0.400. The molecule has 29 heavy (non-hydrogen) atoms. The first-order valence-corrected chi connectivity index (χ1v) is 9.24. The Morgan fingerprint density at radius 3 is 2.72 bits per heavy atom. The number of hydrazone groups is 1. The Hall–Kier alpha value is -3.81. The molecule has 4 rings (SSSR count). The van der Waals surface area contributed by atoms with Crippen molar-refractivity contribution in [1.82, 2.24) is 24.7 Å². The molecule has 0 fully saturated rings. The number of ether oxygens (including phenoxy) is 1. The van der Waals surface area contributed by atoms with Crippen LogP contribution < -0.4 is 10.2 Å². The van der Waals surface area contributed by atoms with Gasteiger partial charge in [0.05, 0.1) is 30.1 Å². The summed E-state index contributed by atoms with van der Waals surface area (Å²) in [6.07, 6.45) is 6.67. The summed E-state index contributed by atoms with van der Waals surface area (Å²) < 4.78 is 7.16. The number of benzene rings is 1. The largest absolute Gasteiger partial charge is 0.497 e. The monoisotopic (exact) mass is 387 g/mol. The van der Waals surface area contributed by atoms with Crippen molar-refractivity contribution >= 4 is 23.1 Å². The minimum atomic E-state index is 0.181. The van der Waals surface area contributed by atoms with Crippen LogP contribution >= 0.6 is 0 Å². The number of hydrogen-bond acceptors (Lipinski definition) is 7. The Morgan fingerprint density at radius 2 is 1.97 bits per heavy atom. The van der Waals surface area contributed by atoms with Gasteiger partial charge in [0.2, 0.25) is 0 Å². The maximum absolute atomic E-state index is 5.35. The van der Waals surface area contributed by atoms with Gasteiger partial charge < -0.3 is 4.74 Å². The molecule has 3 heterocycles. The summed E-state index contributed by atoms with van der Waals surface area (Å²) in [6, 6.07) is 11.5. The summed E-state index contributed by atoms with van der Waals surface area (Å²) in [5.74, 6) is 1.55. The zero-order chi connectivity index (χ0) is 20.2. The van der Waals surface area contributed by atoms with Crippen molar-refractivity contribution in [2.24, 2.45) is 5.10 Å². The lowest BCUT2D eigenvalue weighted by Crippen LogP contribution is -2.00. The van der Waals surface area contributed by atoms with E-state index in [4.69, 9.17) is 9.84 Å². The van der Waals surface area contributed by atoms with Crippen molar-refractivity contribution in [2.75, 3.05) is 12.5 Å². The number of hydrogen-bond donors (Lipinski definition) is 1. The highest BCUT2D eigenvalue weighted by Crippen LogP contribution is 2.31. The molecule has 0 bridgehead atoms. The fraction of sp³-hybridized carbons (Fsp3) is 0.190. The highest BCUT2D eigenvalue weighted by atomic mass is 16.5. The van der Waals surface area contributed by atoms with Gasteiger partial charge >= 0.3 is 0 Å². The molecule has 8 nitrogen and oxygen atoms in total. The number of nitrogens with zero attached hydrogens (tertiary/aromatic N) is 6. The van der Waals surface area contributed by atoms with Gasteiger partial charge in [-0.1, -0.05) is 19.9 Å². The number of fused-ring (bicyclic) bond motifs is 1. The molecule has 0 aliphatic rings. The smallest absolute Gasteiger partial charge is 0.168 e. The van der Waals surface area contributed by atoms with E-state index in [1.165, 1.54) is 6.33 Å². The Balaban J connectivity index is 1.78. The molecule has 0 amide bonds. The van der Waals surface area contributed by atoms with Crippen molar-refractivity contribution < 1.29 is 4.74 Å². The average Bonchev–Trinajstić information content (AvgIpc) is 3.15. The molecule has 3 aromatic heterocycles. The Morgan fingerprint density at radius 1 is 1.14 bits per heavy atom. The van der Waals surface area contributed by atoms with E-state index in [2.05, 4.69) is 39.3 Å². The number of anilines is 1. The van der Waals surface area contributed by atoms with Crippen LogP contribution in [-0.2, 0) is 0 Å². The standard InChI is InChI=1S/C21H21N7O/c1-14(2)19-18-20(26-25-12-15-7-9-22-10-8-15)23-13-24-21(18)28(27-19)16-5-4-6-17(11-16)29-3/h4-14H,1-3H3,(H,23,24,26). The van der Waals surface area contributed by atoms with Gasteiger partial charge in [0.1, 0.15) is 12.1 Å². The summed E-state index contributed by atoms with van der Waals surface area (Å²) in [5.41, 5.74) is 6.44. The van der Waals surface area contributed by atoms with Gasteiger partial charge in [0.25, 0.3) is 0 Å². The first-order chi connectivity index (χ1) is 14.2. The van der Waals surface area contributed by atoms with Crippen LogP contribution in [-0.4, -0.2) is 38.1 Å². The second-order valence-corrected chi connectivity index (χ2v) is 6.72. The van der Waals surface area contributed by atoms with Crippen LogP contribution in [0.4, 0.5) is 5.82 Å². The first-order valence-electron chi connectivity index (χ1n) is 9.24. The number of aromatic nitrogens is 5. The van der Waals surface area contributed by atoms with Crippen LogP contribution in [0.2, 0.25) is 0 Å². The Labute approximate surface area is 168 Å². The lowest BCUT2D eigenvalue weighted by atomic mass is 10.1. The molecule has 8 heteroatoms. The van der Waals surface area contributed by atoms with E-state index in [0.29, 0.717) is 11.5 Å². The average molecular weight is 387 g/mol. The highest BCUT2D eigenvalue weighted by Gasteiger charge is 2.20. The van der Waals surface area contributed by atoms with Crippen molar-refractivity contribution in [3.8, 4) is 11.4 Å². The molecule has 0 unspecified atom stereocenters. The molecule has 0 aliphatic heterocycles. The summed E-state index contributed by atoms with van der Waals surface area (Å²) in [5, 5.41) is 9.99. The van der Waals surface area contributed by atoms with Crippen molar-refractivity contribution in [3.63, 3.8) is 0 Å². The molecule has 0 radical (unpaired) electrons. The van der Waals surface area contributed by atoms with E-state index in [1.54, 1.807) is 25.7 Å². The minimum Gasteiger partial charge on any atom is -0.497 e. The molecule has 0 atom stereocenters. The van der Waals surface area contributed by atoms with E-state index in [0.717, 1.165) is 28.1 Å². The first kappa shape index (κ1) is 18.5. The number of nitrogens with one attached hydrogen (secondary N) is 1. The van der Waals surface area contributed by atoms with E-state index >= 15 is 0 Å². The summed E-state index contributed by atoms with van der Waals surface area (Å²) in [7, 11) is 1.64. The Kier molecular flexibility index (Phi) is 5.15. The fourth-order valence-corrected chi connectivity index (χ4v) is 3.01. The second-order valence-electron chi connectivity index (χ2n) is 6.72. The predicted octanol–water partition coefficient (Wildman–Crippen LogP) is 3.79. The van der Waals surface area contributed by atoms with E-state index in [1.807, 2.05) is 41.1 Å². The van der Waals surface area contributed by atoms with E-state index in [-0.39, 0.29) is 5.92 Å². The predicted molar refractivity (Wildman–Crippen MR) is 113 cm³/mol. The second kappa shape index (κ2) is 8.05. The Bertz CT molecular complexity index is 1150. The van der Waals surface area contributed by atoms with E-state index < -0.39 is 0 Å². The molecule has 4 aromatic rings. The number of methoxy groups -OCH3 is 1. The summed E-state index contributed by atoms with van der Waals surface area (Å²) in [6.45, 7) is 4.18. The minimum absolute atomic E-state index is 0.181. The van der Waals surface area contributed by atoms with Crippen LogP contribution in [0.15, 0.2) is 60.2 Å².